The Kier molecular flexibility index (Phi) is 8.87. The van der Waals surface area contributed by atoms with Crippen LogP contribution in [-0.2, 0) is 27.3 Å². The van der Waals surface area contributed by atoms with E-state index in [1.54, 1.807) is 56.6 Å². The van der Waals surface area contributed by atoms with Crippen molar-refractivity contribution in [3.8, 4) is 17.2 Å². The summed E-state index contributed by atoms with van der Waals surface area (Å²) in [5.41, 5.74) is 1.51. The molecule has 32 heavy (non-hydrogen) atoms. The van der Waals surface area contributed by atoms with Crippen molar-refractivity contribution < 1.29 is 28.5 Å². The number of halogens is 2. The van der Waals surface area contributed by atoms with Crippen molar-refractivity contribution in [3.63, 3.8) is 0 Å². The van der Waals surface area contributed by atoms with E-state index in [4.69, 9.17) is 46.9 Å². The molecule has 1 aliphatic rings. The lowest BCUT2D eigenvalue weighted by atomic mass is 10.1. The molecule has 2 aromatic rings. The zero-order chi connectivity index (χ0) is 23.1. The van der Waals surface area contributed by atoms with Crippen molar-refractivity contribution in [1.29, 1.82) is 0 Å². The van der Waals surface area contributed by atoms with E-state index in [-0.39, 0.29) is 25.0 Å². The lowest BCUT2D eigenvalue weighted by molar-refractivity contribution is -0.140. The van der Waals surface area contributed by atoms with Crippen LogP contribution in [0, 0.1) is 0 Å². The molecule has 0 spiro atoms. The number of methoxy groups -OCH3 is 3. The zero-order valence-electron chi connectivity index (χ0n) is 18.4. The van der Waals surface area contributed by atoms with Crippen molar-refractivity contribution in [2.45, 2.75) is 19.1 Å². The van der Waals surface area contributed by atoms with Crippen LogP contribution < -0.4 is 14.2 Å². The maximum absolute atomic E-state index is 12.9. The largest absolute Gasteiger partial charge is 0.493 e. The summed E-state index contributed by atoms with van der Waals surface area (Å²) in [5, 5.41) is 1.12. The molecule has 0 aromatic heterocycles. The normalized spacial score (nSPS) is 16.0. The highest BCUT2D eigenvalue weighted by Gasteiger charge is 2.25. The van der Waals surface area contributed by atoms with Crippen LogP contribution in [0.1, 0.15) is 11.1 Å². The number of nitrogens with zero attached hydrogens (tertiary/aromatic N) is 1. The molecule has 9 heteroatoms. The van der Waals surface area contributed by atoms with Gasteiger partial charge in [-0.3, -0.25) is 4.79 Å². The molecule has 1 aliphatic heterocycles. The van der Waals surface area contributed by atoms with E-state index in [0.717, 1.165) is 11.1 Å². The predicted molar refractivity (Wildman–Crippen MR) is 122 cm³/mol. The quantitative estimate of drug-likeness (QED) is 0.536. The van der Waals surface area contributed by atoms with Gasteiger partial charge in [0.1, 0.15) is 0 Å². The number of amides is 1. The molecule has 0 saturated carbocycles. The Balaban J connectivity index is 1.57. The second-order valence-electron chi connectivity index (χ2n) is 7.26. The van der Waals surface area contributed by atoms with Crippen molar-refractivity contribution >= 4 is 29.1 Å². The molecule has 0 unspecified atom stereocenters. The smallest absolute Gasteiger partial charge is 0.227 e. The van der Waals surface area contributed by atoms with Gasteiger partial charge >= 0.3 is 0 Å². The summed E-state index contributed by atoms with van der Waals surface area (Å²) in [5.74, 6) is 1.51. The lowest BCUT2D eigenvalue weighted by Crippen LogP contribution is -2.47. The highest BCUT2D eigenvalue weighted by molar-refractivity contribution is 6.35. The molecule has 3 rings (SSSR count). The molecule has 2 aromatic carbocycles. The fourth-order valence-electron chi connectivity index (χ4n) is 3.53. The number of hydrogen-bond donors (Lipinski definition) is 0. The van der Waals surface area contributed by atoms with Gasteiger partial charge in [-0.05, 0) is 29.8 Å². The van der Waals surface area contributed by atoms with Crippen LogP contribution in [0.15, 0.2) is 30.3 Å². The van der Waals surface area contributed by atoms with Crippen LogP contribution in [-0.4, -0.2) is 64.5 Å². The monoisotopic (exact) mass is 483 g/mol. The van der Waals surface area contributed by atoms with Crippen molar-refractivity contribution in [2.24, 2.45) is 0 Å². The van der Waals surface area contributed by atoms with E-state index in [9.17, 15) is 4.79 Å². The van der Waals surface area contributed by atoms with Gasteiger partial charge in [-0.25, -0.2) is 0 Å². The highest BCUT2D eigenvalue weighted by atomic mass is 35.5. The van der Waals surface area contributed by atoms with Gasteiger partial charge in [0.25, 0.3) is 0 Å². The predicted octanol–water partition coefficient (Wildman–Crippen LogP) is 4.01. The summed E-state index contributed by atoms with van der Waals surface area (Å²) in [6, 6.07) is 8.90. The van der Waals surface area contributed by atoms with Crippen molar-refractivity contribution in [1.82, 2.24) is 4.90 Å². The zero-order valence-corrected chi connectivity index (χ0v) is 19.9. The molecular formula is C23H27Cl2NO6. The minimum atomic E-state index is -0.228. The Morgan fingerprint density at radius 1 is 1.09 bits per heavy atom. The Morgan fingerprint density at radius 2 is 1.75 bits per heavy atom. The number of carbonyl (C=O) groups excluding carboxylic acids is 1. The molecule has 0 aliphatic carbocycles. The molecule has 1 saturated heterocycles. The second-order valence-corrected chi connectivity index (χ2v) is 8.07. The van der Waals surface area contributed by atoms with Gasteiger partial charge in [-0.1, -0.05) is 29.3 Å². The van der Waals surface area contributed by atoms with Gasteiger partial charge in [0.15, 0.2) is 11.5 Å². The van der Waals surface area contributed by atoms with E-state index in [0.29, 0.717) is 53.6 Å². The number of benzene rings is 2. The van der Waals surface area contributed by atoms with Crippen LogP contribution in [0.5, 0.6) is 17.2 Å². The molecular weight excluding hydrogens is 457 g/mol. The summed E-state index contributed by atoms with van der Waals surface area (Å²) in [6.07, 6.45) is -0.0200. The SMILES string of the molecule is COc1cc(CC(=O)N2CCO[C@H](COCc3c(Cl)cccc3Cl)C2)cc(OC)c1OC. The first-order valence-electron chi connectivity index (χ1n) is 10.2. The van der Waals surface area contributed by atoms with Crippen LogP contribution in [0.3, 0.4) is 0 Å². The Hall–Kier alpha value is -2.19. The van der Waals surface area contributed by atoms with E-state index < -0.39 is 0 Å². The molecule has 1 atom stereocenters. The molecule has 0 N–H and O–H groups in total. The van der Waals surface area contributed by atoms with E-state index in [2.05, 4.69) is 0 Å². The van der Waals surface area contributed by atoms with Crippen LogP contribution >= 0.6 is 23.2 Å². The molecule has 1 fully saturated rings. The average molecular weight is 484 g/mol. The van der Waals surface area contributed by atoms with E-state index in [1.807, 2.05) is 0 Å². The molecule has 0 radical (unpaired) electrons. The van der Waals surface area contributed by atoms with Gasteiger partial charge in [-0.2, -0.15) is 0 Å². The summed E-state index contributed by atoms with van der Waals surface area (Å²) < 4.78 is 27.6. The fraction of sp³-hybridized carbons (Fsp3) is 0.435. The third kappa shape index (κ3) is 5.98. The Labute approximate surface area is 198 Å². The number of hydrogen-bond acceptors (Lipinski definition) is 6. The van der Waals surface area contributed by atoms with Crippen molar-refractivity contribution in [3.05, 3.63) is 51.5 Å². The maximum atomic E-state index is 12.9. The summed E-state index contributed by atoms with van der Waals surface area (Å²) >= 11 is 12.4. The fourth-order valence-corrected chi connectivity index (χ4v) is 4.04. The van der Waals surface area contributed by atoms with Gasteiger partial charge in [0.05, 0.1) is 53.7 Å². The average Bonchev–Trinajstić information content (AvgIpc) is 2.80. The maximum Gasteiger partial charge on any atom is 0.227 e. The minimum Gasteiger partial charge on any atom is -0.493 e. The van der Waals surface area contributed by atoms with E-state index >= 15 is 0 Å². The third-order valence-corrected chi connectivity index (χ3v) is 5.89. The number of carbonyl (C=O) groups is 1. The number of morpholine rings is 1. The molecule has 0 bridgehead atoms. The minimum absolute atomic E-state index is 0.0123. The standard InChI is InChI=1S/C23H27Cl2NO6/c1-28-20-9-15(10-21(29-2)23(20)30-3)11-22(27)26-7-8-32-16(12-26)13-31-14-17-18(24)5-4-6-19(17)25/h4-6,9-10,16H,7-8,11-14H2,1-3H3/t16-/m0/s1. The topological polar surface area (TPSA) is 66.5 Å². The number of ether oxygens (including phenoxy) is 5. The molecule has 1 heterocycles. The van der Waals surface area contributed by atoms with Crippen LogP contribution in [0.2, 0.25) is 10.0 Å². The first kappa shape index (κ1) is 24.5. The van der Waals surface area contributed by atoms with Crippen molar-refractivity contribution in [2.75, 3.05) is 47.6 Å². The van der Waals surface area contributed by atoms with E-state index in [1.165, 1.54) is 0 Å². The lowest BCUT2D eigenvalue weighted by Gasteiger charge is -2.33. The van der Waals surface area contributed by atoms with Gasteiger partial charge in [0, 0.05) is 28.7 Å². The second kappa shape index (κ2) is 11.6. The van der Waals surface area contributed by atoms with Gasteiger partial charge in [0.2, 0.25) is 11.7 Å². The van der Waals surface area contributed by atoms with Crippen LogP contribution in [0.4, 0.5) is 0 Å². The Bertz CT molecular complexity index is 893. The first-order valence-corrected chi connectivity index (χ1v) is 10.9. The summed E-state index contributed by atoms with van der Waals surface area (Å²) in [6.45, 7) is 2.02. The van der Waals surface area contributed by atoms with Gasteiger partial charge < -0.3 is 28.6 Å². The van der Waals surface area contributed by atoms with Gasteiger partial charge in [-0.15, -0.1) is 0 Å². The first-order chi connectivity index (χ1) is 15.5. The molecule has 174 valence electrons. The third-order valence-electron chi connectivity index (χ3n) is 5.18. The Morgan fingerprint density at radius 3 is 2.34 bits per heavy atom. The summed E-state index contributed by atoms with van der Waals surface area (Å²) in [4.78, 5) is 14.7. The number of rotatable bonds is 9. The summed E-state index contributed by atoms with van der Waals surface area (Å²) in [7, 11) is 4.64. The van der Waals surface area contributed by atoms with Crippen LogP contribution in [0.25, 0.3) is 0 Å². The molecule has 1 amide bonds. The highest BCUT2D eigenvalue weighted by Crippen LogP contribution is 2.38. The molecule has 7 nitrogen and oxygen atoms in total.